The van der Waals surface area contributed by atoms with Crippen molar-refractivity contribution < 1.29 is 0 Å². The SMILES string of the molecule is CN(c1ccc[nH]1)C1CCCC1N. The van der Waals surface area contributed by atoms with Crippen LogP contribution in [0.3, 0.4) is 0 Å². The molecule has 3 heteroatoms. The number of likely N-dealkylation sites (N-methyl/N-ethyl adjacent to an activating group) is 1. The van der Waals surface area contributed by atoms with Crippen LogP contribution in [0.4, 0.5) is 5.82 Å². The summed E-state index contributed by atoms with van der Waals surface area (Å²) in [4.78, 5) is 5.47. The molecule has 0 spiro atoms. The third kappa shape index (κ3) is 1.56. The molecule has 0 bridgehead atoms. The second kappa shape index (κ2) is 3.42. The number of hydrogen-bond acceptors (Lipinski definition) is 2. The van der Waals surface area contributed by atoms with Gasteiger partial charge in [0.25, 0.3) is 0 Å². The van der Waals surface area contributed by atoms with Crippen molar-refractivity contribution in [2.45, 2.75) is 31.3 Å². The molecule has 13 heavy (non-hydrogen) atoms. The fraction of sp³-hybridized carbons (Fsp3) is 0.600. The molecule has 1 aromatic heterocycles. The maximum absolute atomic E-state index is 6.03. The largest absolute Gasteiger partial charge is 0.357 e. The zero-order valence-electron chi connectivity index (χ0n) is 8.03. The lowest BCUT2D eigenvalue weighted by Crippen LogP contribution is -2.42. The quantitative estimate of drug-likeness (QED) is 0.719. The van der Waals surface area contributed by atoms with E-state index in [2.05, 4.69) is 23.0 Å². The number of aromatic amines is 1. The molecular formula is C10H17N3. The number of hydrogen-bond donors (Lipinski definition) is 2. The first-order valence-electron chi connectivity index (χ1n) is 4.91. The van der Waals surface area contributed by atoms with E-state index < -0.39 is 0 Å². The van der Waals surface area contributed by atoms with Crippen LogP contribution in [0, 0.1) is 0 Å². The molecule has 1 fully saturated rings. The highest BCUT2D eigenvalue weighted by molar-refractivity contribution is 5.39. The van der Waals surface area contributed by atoms with Crippen LogP contribution in [0.25, 0.3) is 0 Å². The fourth-order valence-corrected chi connectivity index (χ4v) is 2.17. The van der Waals surface area contributed by atoms with Crippen LogP contribution in [-0.4, -0.2) is 24.1 Å². The van der Waals surface area contributed by atoms with Crippen LogP contribution >= 0.6 is 0 Å². The molecule has 2 atom stereocenters. The third-order valence-corrected chi connectivity index (χ3v) is 2.99. The van der Waals surface area contributed by atoms with E-state index in [-0.39, 0.29) is 0 Å². The highest BCUT2D eigenvalue weighted by atomic mass is 15.2. The summed E-state index contributed by atoms with van der Waals surface area (Å²) >= 11 is 0. The second-order valence-corrected chi connectivity index (χ2v) is 3.83. The standard InChI is InChI=1S/C10H17N3/c1-13(10-6-3-7-12-10)9-5-2-4-8(9)11/h3,6-9,12H,2,4-5,11H2,1H3. The van der Waals surface area contributed by atoms with Crippen molar-refractivity contribution in [3.63, 3.8) is 0 Å². The molecule has 0 radical (unpaired) electrons. The van der Waals surface area contributed by atoms with E-state index in [0.29, 0.717) is 12.1 Å². The number of aromatic nitrogens is 1. The summed E-state index contributed by atoms with van der Waals surface area (Å²) in [5, 5.41) is 0. The highest BCUT2D eigenvalue weighted by Gasteiger charge is 2.27. The smallest absolute Gasteiger partial charge is 0.105 e. The van der Waals surface area contributed by atoms with E-state index in [1.165, 1.54) is 18.7 Å². The van der Waals surface area contributed by atoms with Crippen molar-refractivity contribution in [2.75, 3.05) is 11.9 Å². The van der Waals surface area contributed by atoms with Gasteiger partial charge in [0.1, 0.15) is 5.82 Å². The van der Waals surface area contributed by atoms with Crippen molar-refractivity contribution in [1.82, 2.24) is 4.98 Å². The molecule has 72 valence electrons. The maximum atomic E-state index is 6.03. The van der Waals surface area contributed by atoms with Crippen LogP contribution in [0.5, 0.6) is 0 Å². The molecule has 3 N–H and O–H groups in total. The average molecular weight is 179 g/mol. The minimum atomic E-state index is 0.341. The van der Waals surface area contributed by atoms with Gasteiger partial charge in [0.15, 0.2) is 0 Å². The molecule has 0 amide bonds. The van der Waals surface area contributed by atoms with Gasteiger partial charge in [-0.1, -0.05) is 0 Å². The first-order valence-corrected chi connectivity index (χ1v) is 4.91. The van der Waals surface area contributed by atoms with Crippen LogP contribution in [0.15, 0.2) is 18.3 Å². The van der Waals surface area contributed by atoms with E-state index in [4.69, 9.17) is 5.73 Å². The summed E-state index contributed by atoms with van der Waals surface area (Å²) in [6, 6.07) is 4.96. The number of anilines is 1. The van der Waals surface area contributed by atoms with Crippen LogP contribution < -0.4 is 10.6 Å². The van der Waals surface area contributed by atoms with Gasteiger partial charge in [-0.2, -0.15) is 0 Å². The molecule has 1 saturated carbocycles. The van der Waals surface area contributed by atoms with E-state index in [9.17, 15) is 0 Å². The predicted octanol–water partition coefficient (Wildman–Crippen LogP) is 1.33. The van der Waals surface area contributed by atoms with Crippen molar-refractivity contribution >= 4 is 5.82 Å². The number of nitrogens with two attached hydrogens (primary N) is 1. The van der Waals surface area contributed by atoms with E-state index in [1.807, 2.05) is 12.3 Å². The Balaban J connectivity index is 2.08. The van der Waals surface area contributed by atoms with E-state index in [0.717, 1.165) is 6.42 Å². The number of nitrogens with zero attached hydrogens (tertiary/aromatic N) is 1. The summed E-state index contributed by atoms with van der Waals surface area (Å²) < 4.78 is 0. The Morgan fingerprint density at radius 2 is 2.38 bits per heavy atom. The predicted molar refractivity (Wildman–Crippen MR) is 54.8 cm³/mol. The molecule has 3 nitrogen and oxygen atoms in total. The zero-order chi connectivity index (χ0) is 9.26. The summed E-state index contributed by atoms with van der Waals surface area (Å²) in [5.74, 6) is 1.17. The van der Waals surface area contributed by atoms with Gasteiger partial charge in [-0.15, -0.1) is 0 Å². The van der Waals surface area contributed by atoms with Crippen molar-refractivity contribution in [3.05, 3.63) is 18.3 Å². The summed E-state index contributed by atoms with van der Waals surface area (Å²) in [6.45, 7) is 0. The number of H-pyrrole nitrogens is 1. The normalized spacial score (nSPS) is 27.8. The minimum Gasteiger partial charge on any atom is -0.357 e. The Bertz CT molecular complexity index is 255. The Labute approximate surface area is 78.9 Å². The highest BCUT2D eigenvalue weighted by Crippen LogP contribution is 2.24. The molecule has 1 aliphatic rings. The Kier molecular flexibility index (Phi) is 2.27. The van der Waals surface area contributed by atoms with Crippen LogP contribution in [0.2, 0.25) is 0 Å². The molecule has 1 heterocycles. The number of nitrogens with one attached hydrogen (secondary N) is 1. The summed E-state index contributed by atoms with van der Waals surface area (Å²) in [5.41, 5.74) is 6.03. The van der Waals surface area contributed by atoms with Gasteiger partial charge >= 0.3 is 0 Å². The molecular weight excluding hydrogens is 162 g/mol. The summed E-state index contributed by atoms with van der Waals surface area (Å²) in [6.07, 6.45) is 5.59. The Morgan fingerprint density at radius 1 is 1.54 bits per heavy atom. The third-order valence-electron chi connectivity index (χ3n) is 2.99. The summed E-state index contributed by atoms with van der Waals surface area (Å²) in [7, 11) is 2.11. The van der Waals surface area contributed by atoms with Gasteiger partial charge in [0.05, 0.1) is 0 Å². The van der Waals surface area contributed by atoms with Crippen LogP contribution in [-0.2, 0) is 0 Å². The first-order chi connectivity index (χ1) is 6.29. The maximum Gasteiger partial charge on any atom is 0.105 e. The molecule has 0 saturated heterocycles. The lowest BCUT2D eigenvalue weighted by atomic mass is 10.1. The van der Waals surface area contributed by atoms with Crippen molar-refractivity contribution in [3.8, 4) is 0 Å². The van der Waals surface area contributed by atoms with Gasteiger partial charge in [0.2, 0.25) is 0 Å². The van der Waals surface area contributed by atoms with Gasteiger partial charge in [0, 0.05) is 25.3 Å². The lowest BCUT2D eigenvalue weighted by Gasteiger charge is -2.28. The Hall–Kier alpha value is -0.960. The molecule has 0 aromatic carbocycles. The van der Waals surface area contributed by atoms with E-state index >= 15 is 0 Å². The monoisotopic (exact) mass is 179 g/mol. The average Bonchev–Trinajstić information content (AvgIpc) is 2.72. The van der Waals surface area contributed by atoms with Gasteiger partial charge in [-0.05, 0) is 31.4 Å². The van der Waals surface area contributed by atoms with Gasteiger partial charge in [-0.25, -0.2) is 0 Å². The van der Waals surface area contributed by atoms with Crippen LogP contribution in [0.1, 0.15) is 19.3 Å². The molecule has 2 rings (SSSR count). The Morgan fingerprint density at radius 3 is 2.92 bits per heavy atom. The number of rotatable bonds is 2. The molecule has 0 aliphatic heterocycles. The topological polar surface area (TPSA) is 45.0 Å². The first kappa shape index (κ1) is 8.63. The molecule has 1 aromatic rings. The second-order valence-electron chi connectivity index (χ2n) is 3.83. The van der Waals surface area contributed by atoms with Gasteiger partial charge in [-0.3, -0.25) is 0 Å². The molecule has 2 unspecified atom stereocenters. The van der Waals surface area contributed by atoms with E-state index in [1.54, 1.807) is 0 Å². The molecule has 1 aliphatic carbocycles. The fourth-order valence-electron chi connectivity index (χ4n) is 2.17. The zero-order valence-corrected chi connectivity index (χ0v) is 8.03. The van der Waals surface area contributed by atoms with Crippen molar-refractivity contribution in [1.29, 1.82) is 0 Å². The van der Waals surface area contributed by atoms with Crippen molar-refractivity contribution in [2.24, 2.45) is 5.73 Å². The van der Waals surface area contributed by atoms with Gasteiger partial charge < -0.3 is 15.6 Å². The lowest BCUT2D eigenvalue weighted by molar-refractivity contribution is 0.569. The minimum absolute atomic E-state index is 0.341.